The molecule has 5 rings (SSSR count). The van der Waals surface area contributed by atoms with Gasteiger partial charge in [-0.25, -0.2) is 9.55 Å². The molecule has 5 aromatic rings. The molecule has 0 amide bonds. The van der Waals surface area contributed by atoms with Gasteiger partial charge in [0.15, 0.2) is 11.8 Å². The molecule has 3 nitrogen and oxygen atoms in total. The minimum absolute atomic E-state index is 0.295. The molecule has 3 aromatic heterocycles. The van der Waals surface area contributed by atoms with Crippen molar-refractivity contribution in [2.75, 3.05) is 0 Å². The quantitative estimate of drug-likeness (QED) is 0.324. The highest BCUT2D eigenvalue weighted by Gasteiger charge is 2.24. The second-order valence-corrected chi connectivity index (χ2v) is 7.96. The molecule has 0 spiro atoms. The van der Waals surface area contributed by atoms with Gasteiger partial charge in [-0.05, 0) is 62.0 Å². The SMILES string of the molecule is [2H]C([2H])([2H])c1cc(C)c(-c2cc(C)c(-c3ccccc3)c[n+]2C)c2oc3nc(C)ccc3c12. The van der Waals surface area contributed by atoms with Crippen LogP contribution >= 0.6 is 0 Å². The molecule has 0 unspecified atom stereocenters. The standard InChI is InChI=1S/C27H25N2O/c1-16-14-23(29(5)15-22(16)20-9-7-6-8-10-20)25-18(3)13-17(2)24-21-12-11-19(4)28-27(21)30-26(24)25/h6-15H,1-5H3/q+1/i2D3. The third kappa shape index (κ3) is 2.81. The maximum atomic E-state index is 8.15. The number of furan rings is 1. The molecule has 0 saturated heterocycles. The summed E-state index contributed by atoms with van der Waals surface area (Å²) < 4.78 is 32.8. The van der Waals surface area contributed by atoms with Crippen LogP contribution < -0.4 is 4.57 Å². The van der Waals surface area contributed by atoms with Crippen molar-refractivity contribution in [3.63, 3.8) is 0 Å². The van der Waals surface area contributed by atoms with Crippen LogP contribution in [0, 0.1) is 27.6 Å². The number of hydrogen-bond donors (Lipinski definition) is 0. The van der Waals surface area contributed by atoms with Gasteiger partial charge in [0.25, 0.3) is 0 Å². The van der Waals surface area contributed by atoms with Gasteiger partial charge in [-0.1, -0.05) is 36.4 Å². The Morgan fingerprint density at radius 3 is 2.50 bits per heavy atom. The predicted molar refractivity (Wildman–Crippen MR) is 123 cm³/mol. The van der Waals surface area contributed by atoms with Crippen molar-refractivity contribution >= 4 is 22.1 Å². The Morgan fingerprint density at radius 2 is 1.73 bits per heavy atom. The number of aryl methyl sites for hydroxylation is 5. The molecule has 0 aliphatic carbocycles. The lowest BCUT2D eigenvalue weighted by atomic mass is 9.95. The molecule has 0 radical (unpaired) electrons. The summed E-state index contributed by atoms with van der Waals surface area (Å²) in [4.78, 5) is 4.54. The molecule has 3 heterocycles. The summed E-state index contributed by atoms with van der Waals surface area (Å²) in [5.41, 5.74) is 8.28. The van der Waals surface area contributed by atoms with Crippen molar-refractivity contribution in [3.8, 4) is 22.4 Å². The molecule has 0 saturated carbocycles. The third-order valence-corrected chi connectivity index (χ3v) is 5.77. The highest BCUT2D eigenvalue weighted by atomic mass is 16.3. The van der Waals surface area contributed by atoms with Crippen molar-refractivity contribution in [1.82, 2.24) is 4.98 Å². The van der Waals surface area contributed by atoms with Gasteiger partial charge in [0.2, 0.25) is 11.4 Å². The van der Waals surface area contributed by atoms with Crippen molar-refractivity contribution < 1.29 is 13.1 Å². The summed E-state index contributed by atoms with van der Waals surface area (Å²) in [5.74, 6) is 0. The lowest BCUT2D eigenvalue weighted by molar-refractivity contribution is -0.659. The van der Waals surface area contributed by atoms with Crippen molar-refractivity contribution in [2.45, 2.75) is 27.6 Å². The van der Waals surface area contributed by atoms with E-state index < -0.39 is 6.85 Å². The van der Waals surface area contributed by atoms with E-state index >= 15 is 0 Å². The smallest absolute Gasteiger partial charge is 0.227 e. The van der Waals surface area contributed by atoms with Gasteiger partial charge in [0.1, 0.15) is 7.05 Å². The fourth-order valence-electron chi connectivity index (χ4n) is 4.29. The summed E-state index contributed by atoms with van der Waals surface area (Å²) >= 11 is 0. The second-order valence-electron chi connectivity index (χ2n) is 7.96. The maximum absolute atomic E-state index is 8.15. The number of nitrogens with zero attached hydrogens (tertiary/aromatic N) is 2. The molecule has 0 atom stereocenters. The van der Waals surface area contributed by atoms with Crippen molar-refractivity contribution in [3.05, 3.63) is 83.2 Å². The van der Waals surface area contributed by atoms with E-state index in [1.54, 1.807) is 6.07 Å². The minimum Gasteiger partial charge on any atom is -0.437 e. The average molecular weight is 397 g/mol. The molecule has 0 fully saturated rings. The zero-order chi connectivity index (χ0) is 23.5. The molecular formula is C27H25N2O+. The van der Waals surface area contributed by atoms with E-state index in [2.05, 4.69) is 40.9 Å². The Balaban J connectivity index is 1.85. The Hall–Kier alpha value is -3.46. The van der Waals surface area contributed by atoms with Crippen LogP contribution in [0.25, 0.3) is 44.5 Å². The highest BCUT2D eigenvalue weighted by Crippen LogP contribution is 2.39. The molecule has 30 heavy (non-hydrogen) atoms. The third-order valence-electron chi connectivity index (χ3n) is 5.77. The summed E-state index contributed by atoms with van der Waals surface area (Å²) in [6.45, 7) is 3.67. The van der Waals surface area contributed by atoms with Gasteiger partial charge in [-0.3, -0.25) is 0 Å². The molecule has 3 heteroatoms. The molecular weight excluding hydrogens is 368 g/mol. The lowest BCUT2D eigenvalue weighted by Crippen LogP contribution is -2.31. The largest absolute Gasteiger partial charge is 0.437 e. The van der Waals surface area contributed by atoms with E-state index in [0.717, 1.165) is 44.6 Å². The van der Waals surface area contributed by atoms with Gasteiger partial charge >= 0.3 is 0 Å². The Labute approximate surface area is 180 Å². The van der Waals surface area contributed by atoms with E-state index in [4.69, 9.17) is 8.53 Å². The normalized spacial score (nSPS) is 13.4. The Kier molecular flexibility index (Phi) is 3.49. The Morgan fingerprint density at radius 1 is 0.933 bits per heavy atom. The first-order valence-electron chi connectivity index (χ1n) is 11.5. The van der Waals surface area contributed by atoms with E-state index in [1.165, 1.54) is 0 Å². The molecule has 0 bridgehead atoms. The first kappa shape index (κ1) is 15.4. The van der Waals surface area contributed by atoms with E-state index in [9.17, 15) is 0 Å². The van der Waals surface area contributed by atoms with Gasteiger partial charge in [0.05, 0.1) is 5.56 Å². The van der Waals surface area contributed by atoms with Crippen LogP contribution in [-0.2, 0) is 7.05 Å². The van der Waals surface area contributed by atoms with E-state index in [1.807, 2.05) is 51.2 Å². The maximum Gasteiger partial charge on any atom is 0.227 e. The lowest BCUT2D eigenvalue weighted by Gasteiger charge is -2.11. The average Bonchev–Trinajstić information content (AvgIpc) is 3.12. The van der Waals surface area contributed by atoms with Crippen LogP contribution in [0.3, 0.4) is 0 Å². The van der Waals surface area contributed by atoms with Crippen LogP contribution in [0.5, 0.6) is 0 Å². The number of aromatic nitrogens is 2. The highest BCUT2D eigenvalue weighted by molar-refractivity contribution is 6.10. The molecule has 0 N–H and O–H groups in total. The first-order chi connectivity index (χ1) is 15.6. The van der Waals surface area contributed by atoms with Gasteiger partial charge in [0, 0.05) is 32.2 Å². The van der Waals surface area contributed by atoms with Crippen LogP contribution in [0.2, 0.25) is 0 Å². The topological polar surface area (TPSA) is 29.9 Å². The zero-order valence-electron chi connectivity index (χ0n) is 20.6. The second kappa shape index (κ2) is 6.81. The predicted octanol–water partition coefficient (Wildman–Crippen LogP) is 6.37. The summed E-state index contributed by atoms with van der Waals surface area (Å²) in [6, 6.07) is 18.0. The summed E-state index contributed by atoms with van der Waals surface area (Å²) in [5, 5.41) is 1.34. The molecule has 0 aliphatic heterocycles. The van der Waals surface area contributed by atoms with Gasteiger partial charge < -0.3 is 4.42 Å². The number of hydrogen-bond acceptors (Lipinski definition) is 2. The van der Waals surface area contributed by atoms with E-state index in [0.29, 0.717) is 22.2 Å². The molecule has 148 valence electrons. The fraction of sp³-hybridized carbons (Fsp3) is 0.185. The molecule has 2 aromatic carbocycles. The van der Waals surface area contributed by atoms with Crippen molar-refractivity contribution in [2.24, 2.45) is 7.05 Å². The van der Waals surface area contributed by atoms with E-state index in [-0.39, 0.29) is 0 Å². The number of pyridine rings is 2. The zero-order valence-corrected chi connectivity index (χ0v) is 17.6. The van der Waals surface area contributed by atoms with Crippen LogP contribution in [0.15, 0.2) is 65.2 Å². The molecule has 0 aliphatic rings. The summed E-state index contributed by atoms with van der Waals surface area (Å²) in [7, 11) is 2.01. The summed E-state index contributed by atoms with van der Waals surface area (Å²) in [6.07, 6.45) is 2.12. The minimum atomic E-state index is -2.27. The van der Waals surface area contributed by atoms with Crippen LogP contribution in [-0.4, -0.2) is 4.98 Å². The van der Waals surface area contributed by atoms with Gasteiger partial charge in [-0.15, -0.1) is 0 Å². The number of benzene rings is 2. The van der Waals surface area contributed by atoms with Crippen LogP contribution in [0.1, 0.15) is 26.5 Å². The number of fused-ring (bicyclic) bond motifs is 3. The Bertz CT molecular complexity index is 1530. The number of rotatable bonds is 2. The first-order valence-corrected chi connectivity index (χ1v) is 10.0. The van der Waals surface area contributed by atoms with Crippen molar-refractivity contribution in [1.29, 1.82) is 0 Å². The van der Waals surface area contributed by atoms with Gasteiger partial charge in [-0.2, -0.15) is 0 Å². The fourth-order valence-corrected chi connectivity index (χ4v) is 4.29. The van der Waals surface area contributed by atoms with Crippen LogP contribution in [0.4, 0.5) is 0 Å². The monoisotopic (exact) mass is 396 g/mol.